The Morgan fingerprint density at radius 1 is 1.18 bits per heavy atom. The first-order valence-corrected chi connectivity index (χ1v) is 9.58. The summed E-state index contributed by atoms with van der Waals surface area (Å²) in [5.74, 6) is 3.91. The minimum absolute atomic E-state index is 0.0529. The van der Waals surface area contributed by atoms with Crippen molar-refractivity contribution in [3.63, 3.8) is 0 Å². The Bertz CT molecular complexity index is 714. The van der Waals surface area contributed by atoms with Gasteiger partial charge in [0, 0.05) is 12.1 Å². The summed E-state index contributed by atoms with van der Waals surface area (Å²) < 4.78 is 36.5. The van der Waals surface area contributed by atoms with Crippen LogP contribution in [0.1, 0.15) is 68.6 Å². The van der Waals surface area contributed by atoms with Crippen molar-refractivity contribution >= 4 is 5.91 Å². The standard InChI is InChI=1S/C21H26F3NO3/c22-21(23,24)19(27)25-14-10-18(26)17-8-6-7-16(15-17)9-13-20(28)11-4-2-1-3-5-12-20/h6-8,15,18,26,28H,1-5,10-12,14H2,(H,25,27). The number of amides is 1. The van der Waals surface area contributed by atoms with Crippen molar-refractivity contribution in [2.24, 2.45) is 0 Å². The smallest absolute Gasteiger partial charge is 0.388 e. The molecule has 3 N–H and O–H groups in total. The second kappa shape index (κ2) is 9.94. The van der Waals surface area contributed by atoms with E-state index in [2.05, 4.69) is 11.8 Å². The number of aliphatic hydroxyl groups excluding tert-OH is 1. The van der Waals surface area contributed by atoms with Crippen molar-refractivity contribution < 1.29 is 28.2 Å². The Labute approximate surface area is 163 Å². The van der Waals surface area contributed by atoms with Crippen LogP contribution in [0.5, 0.6) is 0 Å². The van der Waals surface area contributed by atoms with Crippen LogP contribution in [0, 0.1) is 11.8 Å². The van der Waals surface area contributed by atoms with E-state index in [0.717, 1.165) is 25.7 Å². The van der Waals surface area contributed by atoms with Gasteiger partial charge in [0.1, 0.15) is 5.60 Å². The maximum absolute atomic E-state index is 12.2. The molecular weight excluding hydrogens is 371 g/mol. The zero-order valence-electron chi connectivity index (χ0n) is 15.7. The highest BCUT2D eigenvalue weighted by atomic mass is 19.4. The highest BCUT2D eigenvalue weighted by Gasteiger charge is 2.38. The van der Waals surface area contributed by atoms with E-state index in [4.69, 9.17) is 0 Å². The summed E-state index contributed by atoms with van der Waals surface area (Å²) in [6.45, 7) is -0.296. The lowest BCUT2D eigenvalue weighted by molar-refractivity contribution is -0.173. The van der Waals surface area contributed by atoms with Crippen LogP contribution in [0.3, 0.4) is 0 Å². The monoisotopic (exact) mass is 397 g/mol. The van der Waals surface area contributed by atoms with E-state index in [1.165, 1.54) is 6.42 Å². The molecule has 28 heavy (non-hydrogen) atoms. The molecule has 0 spiro atoms. The quantitative estimate of drug-likeness (QED) is 0.680. The molecule has 1 aromatic carbocycles. The number of rotatable bonds is 4. The average Bonchev–Trinajstić information content (AvgIpc) is 2.63. The van der Waals surface area contributed by atoms with E-state index >= 15 is 0 Å². The van der Waals surface area contributed by atoms with Gasteiger partial charge in [-0.05, 0) is 49.8 Å². The van der Waals surface area contributed by atoms with Gasteiger partial charge >= 0.3 is 12.1 Å². The lowest BCUT2D eigenvalue weighted by Crippen LogP contribution is -2.37. The lowest BCUT2D eigenvalue weighted by atomic mass is 9.87. The fourth-order valence-electron chi connectivity index (χ4n) is 3.22. The van der Waals surface area contributed by atoms with E-state index in [1.807, 2.05) is 0 Å². The van der Waals surface area contributed by atoms with Crippen LogP contribution < -0.4 is 5.32 Å². The first-order valence-electron chi connectivity index (χ1n) is 9.58. The zero-order valence-corrected chi connectivity index (χ0v) is 15.7. The van der Waals surface area contributed by atoms with Crippen molar-refractivity contribution in [2.45, 2.75) is 69.2 Å². The molecule has 1 fully saturated rings. The Kier molecular flexibility index (Phi) is 7.90. The van der Waals surface area contributed by atoms with Gasteiger partial charge in [0.05, 0.1) is 6.10 Å². The minimum Gasteiger partial charge on any atom is -0.388 e. The van der Waals surface area contributed by atoms with Gasteiger partial charge in [-0.25, -0.2) is 0 Å². The molecule has 0 saturated heterocycles. The van der Waals surface area contributed by atoms with Gasteiger partial charge in [0.2, 0.25) is 0 Å². The molecule has 0 aliphatic heterocycles. The zero-order chi connectivity index (χ0) is 20.6. The van der Waals surface area contributed by atoms with E-state index in [0.29, 0.717) is 24.0 Å². The largest absolute Gasteiger partial charge is 0.471 e. The van der Waals surface area contributed by atoms with Crippen LogP contribution in [-0.2, 0) is 4.79 Å². The number of aliphatic hydroxyl groups is 2. The predicted octanol–water partition coefficient (Wildman–Crippen LogP) is 3.62. The predicted molar refractivity (Wildman–Crippen MR) is 99.2 cm³/mol. The Hall–Kier alpha value is -2.04. The van der Waals surface area contributed by atoms with Crippen LogP contribution in [0.15, 0.2) is 24.3 Å². The molecule has 7 heteroatoms. The van der Waals surface area contributed by atoms with Crippen molar-refractivity contribution in [2.75, 3.05) is 6.54 Å². The average molecular weight is 397 g/mol. The van der Waals surface area contributed by atoms with Gasteiger partial charge in [-0.15, -0.1) is 0 Å². The number of carbonyl (C=O) groups is 1. The highest BCUT2D eigenvalue weighted by molar-refractivity contribution is 5.81. The van der Waals surface area contributed by atoms with E-state index in [1.54, 1.807) is 29.6 Å². The molecule has 4 nitrogen and oxygen atoms in total. The van der Waals surface area contributed by atoms with Gasteiger partial charge < -0.3 is 15.5 Å². The normalized spacial score (nSPS) is 18.2. The van der Waals surface area contributed by atoms with Crippen LogP contribution >= 0.6 is 0 Å². The van der Waals surface area contributed by atoms with Gasteiger partial charge in [0.15, 0.2) is 0 Å². The number of halogens is 3. The summed E-state index contributed by atoms with van der Waals surface area (Å²) in [6, 6.07) is 6.74. The fourth-order valence-corrected chi connectivity index (χ4v) is 3.22. The third-order valence-corrected chi connectivity index (χ3v) is 4.85. The molecule has 0 bridgehead atoms. The highest BCUT2D eigenvalue weighted by Crippen LogP contribution is 2.26. The molecular formula is C21H26F3NO3. The molecule has 1 atom stereocenters. The lowest BCUT2D eigenvalue weighted by Gasteiger charge is -2.24. The minimum atomic E-state index is -4.93. The third kappa shape index (κ3) is 7.17. The van der Waals surface area contributed by atoms with Crippen LogP contribution in [0.2, 0.25) is 0 Å². The topological polar surface area (TPSA) is 69.6 Å². The third-order valence-electron chi connectivity index (χ3n) is 4.85. The Balaban J connectivity index is 1.97. The molecule has 1 unspecified atom stereocenters. The van der Waals surface area contributed by atoms with Crippen molar-refractivity contribution in [3.8, 4) is 11.8 Å². The molecule has 2 rings (SSSR count). The molecule has 1 amide bonds. The van der Waals surface area contributed by atoms with Crippen molar-refractivity contribution in [3.05, 3.63) is 35.4 Å². The van der Waals surface area contributed by atoms with Gasteiger partial charge in [-0.2, -0.15) is 13.2 Å². The molecule has 1 saturated carbocycles. The van der Waals surface area contributed by atoms with Crippen LogP contribution in [0.25, 0.3) is 0 Å². The number of hydrogen-bond acceptors (Lipinski definition) is 3. The number of benzene rings is 1. The first-order chi connectivity index (χ1) is 13.2. The maximum atomic E-state index is 12.2. The van der Waals surface area contributed by atoms with Crippen molar-refractivity contribution in [1.29, 1.82) is 0 Å². The van der Waals surface area contributed by atoms with Crippen LogP contribution in [0.4, 0.5) is 13.2 Å². The van der Waals surface area contributed by atoms with Crippen molar-refractivity contribution in [1.82, 2.24) is 5.32 Å². The van der Waals surface area contributed by atoms with E-state index in [-0.39, 0.29) is 13.0 Å². The summed E-state index contributed by atoms with van der Waals surface area (Å²) in [7, 11) is 0. The Morgan fingerprint density at radius 3 is 2.46 bits per heavy atom. The van der Waals surface area contributed by atoms with Gasteiger partial charge in [0.25, 0.3) is 0 Å². The molecule has 1 aliphatic carbocycles. The second-order valence-electron chi connectivity index (χ2n) is 7.23. The van der Waals surface area contributed by atoms with E-state index in [9.17, 15) is 28.2 Å². The molecule has 0 heterocycles. The van der Waals surface area contributed by atoms with Crippen LogP contribution in [-0.4, -0.2) is 34.4 Å². The Morgan fingerprint density at radius 2 is 1.82 bits per heavy atom. The van der Waals surface area contributed by atoms with Gasteiger partial charge in [-0.3, -0.25) is 4.79 Å². The number of nitrogens with one attached hydrogen (secondary N) is 1. The molecule has 1 aromatic rings. The summed E-state index contributed by atoms with van der Waals surface area (Å²) in [4.78, 5) is 10.8. The summed E-state index contributed by atoms with van der Waals surface area (Å²) in [5, 5.41) is 22.6. The van der Waals surface area contributed by atoms with Gasteiger partial charge in [-0.1, -0.05) is 43.2 Å². The SMILES string of the molecule is O=C(NCCC(O)c1cccc(C#CC2(O)CCCCCCC2)c1)C(F)(F)F. The van der Waals surface area contributed by atoms with E-state index < -0.39 is 23.8 Å². The molecule has 0 aromatic heterocycles. The fraction of sp³-hybridized carbons (Fsp3) is 0.571. The second-order valence-corrected chi connectivity index (χ2v) is 7.23. The number of alkyl halides is 3. The first kappa shape index (κ1) is 22.3. The molecule has 154 valence electrons. The maximum Gasteiger partial charge on any atom is 0.471 e. The number of hydrogen-bond donors (Lipinski definition) is 3. The summed E-state index contributed by atoms with van der Waals surface area (Å²) in [6.07, 6.45) is 0.518. The summed E-state index contributed by atoms with van der Waals surface area (Å²) in [5.41, 5.74) is 0.112. The molecule has 1 aliphatic rings. The summed E-state index contributed by atoms with van der Waals surface area (Å²) >= 11 is 0. The number of carbonyl (C=O) groups excluding carboxylic acids is 1. The molecule has 0 radical (unpaired) electrons.